The van der Waals surface area contributed by atoms with Crippen molar-refractivity contribution in [2.45, 2.75) is 38.6 Å². The number of aromatic nitrogens is 3. The Morgan fingerprint density at radius 3 is 2.79 bits per heavy atom. The monoisotopic (exact) mass is 265 g/mol. The van der Waals surface area contributed by atoms with Crippen LogP contribution in [0, 0.1) is 0 Å². The molecule has 1 atom stereocenters. The molecule has 1 unspecified atom stereocenters. The molecular formula is C13H23N5O. The van der Waals surface area contributed by atoms with Crippen molar-refractivity contribution in [2.75, 3.05) is 19.6 Å². The Hall–Kier alpha value is -1.43. The first kappa shape index (κ1) is 14.0. The van der Waals surface area contributed by atoms with Gasteiger partial charge in [0, 0.05) is 33.1 Å². The molecule has 2 rings (SSSR count). The van der Waals surface area contributed by atoms with E-state index >= 15 is 0 Å². The first-order valence-corrected chi connectivity index (χ1v) is 7.03. The molecule has 1 aromatic heterocycles. The van der Waals surface area contributed by atoms with Crippen molar-refractivity contribution >= 4 is 5.91 Å². The summed E-state index contributed by atoms with van der Waals surface area (Å²) >= 11 is 0. The van der Waals surface area contributed by atoms with Crippen LogP contribution in [0.2, 0.25) is 0 Å². The first-order valence-electron chi connectivity index (χ1n) is 7.03. The van der Waals surface area contributed by atoms with E-state index < -0.39 is 0 Å². The standard InChI is InChI=1S/C13H23N5O/c1-11(13(19)18-8-4-3-5-9-18)14-7-6-12-16-15-10-17(12)2/h10-11,14H,3-9H2,1-2H3. The first-order chi connectivity index (χ1) is 9.18. The van der Waals surface area contributed by atoms with E-state index in [1.54, 1.807) is 6.33 Å². The molecule has 0 aromatic carbocycles. The van der Waals surface area contributed by atoms with Crippen molar-refractivity contribution in [2.24, 2.45) is 7.05 Å². The van der Waals surface area contributed by atoms with Crippen LogP contribution in [0.1, 0.15) is 32.0 Å². The van der Waals surface area contributed by atoms with Gasteiger partial charge in [-0.3, -0.25) is 4.79 Å². The molecule has 19 heavy (non-hydrogen) atoms. The molecular weight excluding hydrogens is 242 g/mol. The predicted octanol–water partition coefficient (Wildman–Crippen LogP) is 0.348. The number of aryl methyl sites for hydroxylation is 1. The maximum atomic E-state index is 12.2. The molecule has 0 bridgehead atoms. The number of carbonyl (C=O) groups excluding carboxylic acids is 1. The third-order valence-corrected chi connectivity index (χ3v) is 3.64. The predicted molar refractivity (Wildman–Crippen MR) is 72.6 cm³/mol. The summed E-state index contributed by atoms with van der Waals surface area (Å²) < 4.78 is 1.90. The normalized spacial score (nSPS) is 17.5. The second-order valence-corrected chi connectivity index (χ2v) is 5.17. The van der Waals surface area contributed by atoms with E-state index in [1.807, 2.05) is 23.4 Å². The van der Waals surface area contributed by atoms with Crippen LogP contribution in [0.25, 0.3) is 0 Å². The zero-order valence-electron chi connectivity index (χ0n) is 11.8. The number of hydrogen-bond donors (Lipinski definition) is 1. The van der Waals surface area contributed by atoms with Crippen molar-refractivity contribution in [1.82, 2.24) is 25.0 Å². The molecule has 0 spiro atoms. The fraction of sp³-hybridized carbons (Fsp3) is 0.769. The van der Waals surface area contributed by atoms with E-state index in [0.29, 0.717) is 0 Å². The van der Waals surface area contributed by atoms with Gasteiger partial charge in [0.1, 0.15) is 12.2 Å². The Labute approximate surface area is 114 Å². The van der Waals surface area contributed by atoms with Gasteiger partial charge < -0.3 is 14.8 Å². The number of likely N-dealkylation sites (tertiary alicyclic amines) is 1. The van der Waals surface area contributed by atoms with Crippen LogP contribution in [0.15, 0.2) is 6.33 Å². The molecule has 1 aliphatic heterocycles. The van der Waals surface area contributed by atoms with Gasteiger partial charge >= 0.3 is 0 Å². The van der Waals surface area contributed by atoms with Gasteiger partial charge in [-0.15, -0.1) is 10.2 Å². The molecule has 0 radical (unpaired) electrons. The average molecular weight is 265 g/mol. The van der Waals surface area contributed by atoms with Crippen LogP contribution >= 0.6 is 0 Å². The van der Waals surface area contributed by atoms with Crippen molar-refractivity contribution in [3.05, 3.63) is 12.2 Å². The van der Waals surface area contributed by atoms with Gasteiger partial charge in [-0.05, 0) is 26.2 Å². The summed E-state index contributed by atoms with van der Waals surface area (Å²) in [6.07, 6.45) is 6.00. The molecule has 0 saturated carbocycles. The van der Waals surface area contributed by atoms with Crippen LogP contribution in [0.5, 0.6) is 0 Å². The van der Waals surface area contributed by atoms with Crippen molar-refractivity contribution in [3.8, 4) is 0 Å². The third kappa shape index (κ3) is 3.76. The van der Waals surface area contributed by atoms with Gasteiger partial charge in [0.15, 0.2) is 0 Å². The number of carbonyl (C=O) groups is 1. The molecule has 6 nitrogen and oxygen atoms in total. The second-order valence-electron chi connectivity index (χ2n) is 5.17. The zero-order chi connectivity index (χ0) is 13.7. The Kier molecular flexibility index (Phi) is 4.90. The zero-order valence-corrected chi connectivity index (χ0v) is 11.8. The Balaban J connectivity index is 1.73. The van der Waals surface area contributed by atoms with E-state index in [4.69, 9.17) is 0 Å². The largest absolute Gasteiger partial charge is 0.341 e. The number of amides is 1. The number of rotatable bonds is 5. The average Bonchev–Trinajstić information content (AvgIpc) is 2.84. The summed E-state index contributed by atoms with van der Waals surface area (Å²) in [6, 6.07) is -0.119. The minimum Gasteiger partial charge on any atom is -0.341 e. The molecule has 1 aromatic rings. The van der Waals surface area contributed by atoms with Gasteiger partial charge in [-0.1, -0.05) is 0 Å². The molecule has 106 valence electrons. The molecule has 1 saturated heterocycles. The van der Waals surface area contributed by atoms with Crippen LogP contribution in [0.4, 0.5) is 0 Å². The minimum atomic E-state index is -0.119. The molecule has 2 heterocycles. The maximum Gasteiger partial charge on any atom is 0.239 e. The highest BCUT2D eigenvalue weighted by Gasteiger charge is 2.21. The molecule has 6 heteroatoms. The highest BCUT2D eigenvalue weighted by Crippen LogP contribution is 2.09. The highest BCUT2D eigenvalue weighted by atomic mass is 16.2. The third-order valence-electron chi connectivity index (χ3n) is 3.64. The molecule has 0 aliphatic carbocycles. The molecule has 1 aliphatic rings. The summed E-state index contributed by atoms with van der Waals surface area (Å²) in [6.45, 7) is 4.50. The molecule has 1 N–H and O–H groups in total. The van der Waals surface area contributed by atoms with Gasteiger partial charge in [-0.25, -0.2) is 0 Å². The molecule has 1 fully saturated rings. The number of hydrogen-bond acceptors (Lipinski definition) is 4. The van der Waals surface area contributed by atoms with Gasteiger partial charge in [0.05, 0.1) is 6.04 Å². The number of nitrogens with zero attached hydrogens (tertiary/aromatic N) is 4. The summed E-state index contributed by atoms with van der Waals surface area (Å²) in [4.78, 5) is 14.2. The van der Waals surface area contributed by atoms with Crippen molar-refractivity contribution in [3.63, 3.8) is 0 Å². The smallest absolute Gasteiger partial charge is 0.239 e. The van der Waals surface area contributed by atoms with Gasteiger partial charge in [0.25, 0.3) is 0 Å². The Morgan fingerprint density at radius 2 is 2.16 bits per heavy atom. The SMILES string of the molecule is CC(NCCc1nncn1C)C(=O)N1CCCCC1. The highest BCUT2D eigenvalue weighted by molar-refractivity contribution is 5.81. The van der Waals surface area contributed by atoms with Crippen LogP contribution in [0.3, 0.4) is 0 Å². The van der Waals surface area contributed by atoms with Crippen LogP contribution in [-0.2, 0) is 18.3 Å². The minimum absolute atomic E-state index is 0.119. The maximum absolute atomic E-state index is 12.2. The second kappa shape index (κ2) is 6.65. The fourth-order valence-electron chi connectivity index (χ4n) is 2.41. The number of nitrogens with one attached hydrogen (secondary N) is 1. The van der Waals surface area contributed by atoms with Crippen LogP contribution < -0.4 is 5.32 Å². The Bertz CT molecular complexity index is 411. The number of piperidine rings is 1. The summed E-state index contributed by atoms with van der Waals surface area (Å²) in [5, 5.41) is 11.1. The summed E-state index contributed by atoms with van der Waals surface area (Å²) in [7, 11) is 1.93. The summed E-state index contributed by atoms with van der Waals surface area (Å²) in [5.74, 6) is 1.16. The lowest BCUT2D eigenvalue weighted by atomic mass is 10.1. The molecule has 1 amide bonds. The fourth-order valence-corrected chi connectivity index (χ4v) is 2.41. The van der Waals surface area contributed by atoms with Gasteiger partial charge in [0.2, 0.25) is 5.91 Å². The lowest BCUT2D eigenvalue weighted by Gasteiger charge is -2.29. The topological polar surface area (TPSA) is 63.1 Å². The van der Waals surface area contributed by atoms with Gasteiger partial charge in [-0.2, -0.15) is 0 Å². The lowest BCUT2D eigenvalue weighted by Crippen LogP contribution is -2.47. The summed E-state index contributed by atoms with van der Waals surface area (Å²) in [5.41, 5.74) is 0. The van der Waals surface area contributed by atoms with E-state index in [2.05, 4.69) is 15.5 Å². The van der Waals surface area contributed by atoms with Crippen molar-refractivity contribution in [1.29, 1.82) is 0 Å². The Morgan fingerprint density at radius 1 is 1.42 bits per heavy atom. The van der Waals surface area contributed by atoms with E-state index in [9.17, 15) is 4.79 Å². The van der Waals surface area contributed by atoms with E-state index in [1.165, 1.54) is 6.42 Å². The van der Waals surface area contributed by atoms with E-state index in [0.717, 1.165) is 44.7 Å². The van der Waals surface area contributed by atoms with Crippen molar-refractivity contribution < 1.29 is 4.79 Å². The van der Waals surface area contributed by atoms with E-state index in [-0.39, 0.29) is 11.9 Å². The van der Waals surface area contributed by atoms with Crippen LogP contribution in [-0.4, -0.2) is 51.2 Å². The quantitative estimate of drug-likeness (QED) is 0.834. The lowest BCUT2D eigenvalue weighted by molar-refractivity contribution is -0.133.